The molecule has 1 heterocycles. The molecule has 1 N–H and O–H groups in total. The van der Waals surface area contributed by atoms with E-state index in [-0.39, 0.29) is 16.6 Å². The highest BCUT2D eigenvalue weighted by Crippen LogP contribution is 2.26. The first-order valence-electron chi connectivity index (χ1n) is 3.90. The van der Waals surface area contributed by atoms with Crippen LogP contribution in [0.3, 0.4) is 0 Å². The molecule has 72 valence electrons. The minimum absolute atomic E-state index is 0.0466. The fraction of sp³-hybridized carbons (Fsp3) is 0.500. The largest absolute Gasteiger partial charge is 0.476 e. The van der Waals surface area contributed by atoms with Crippen molar-refractivity contribution in [2.75, 3.05) is 0 Å². The summed E-state index contributed by atoms with van der Waals surface area (Å²) in [5.41, 5.74) is 0.673. The van der Waals surface area contributed by atoms with Gasteiger partial charge in [-0.3, -0.25) is 4.68 Å². The van der Waals surface area contributed by atoms with E-state index in [4.69, 9.17) is 16.7 Å². The summed E-state index contributed by atoms with van der Waals surface area (Å²) in [6.45, 7) is 3.83. The van der Waals surface area contributed by atoms with Gasteiger partial charge < -0.3 is 5.11 Å². The number of carbonyl (C=O) groups is 1. The Balaban J connectivity index is 3.30. The van der Waals surface area contributed by atoms with Crippen molar-refractivity contribution in [2.24, 2.45) is 7.05 Å². The van der Waals surface area contributed by atoms with Gasteiger partial charge in [0.15, 0.2) is 5.69 Å². The van der Waals surface area contributed by atoms with Crippen LogP contribution in [0.25, 0.3) is 0 Å². The molecule has 0 radical (unpaired) electrons. The number of carboxylic acids is 1. The van der Waals surface area contributed by atoms with Crippen molar-refractivity contribution in [1.82, 2.24) is 9.78 Å². The summed E-state index contributed by atoms with van der Waals surface area (Å²) in [7, 11) is 1.57. The first-order chi connectivity index (χ1) is 5.95. The van der Waals surface area contributed by atoms with Gasteiger partial charge >= 0.3 is 5.97 Å². The van der Waals surface area contributed by atoms with E-state index in [0.29, 0.717) is 5.69 Å². The number of rotatable bonds is 2. The second-order valence-electron chi connectivity index (χ2n) is 3.13. The Morgan fingerprint density at radius 3 is 2.38 bits per heavy atom. The van der Waals surface area contributed by atoms with Crippen molar-refractivity contribution in [1.29, 1.82) is 0 Å². The lowest BCUT2D eigenvalue weighted by atomic mass is 10.1. The van der Waals surface area contributed by atoms with Crippen molar-refractivity contribution in [3.05, 3.63) is 16.4 Å². The SMILES string of the molecule is CC(C)c1nn(C)c(C(=O)O)c1Cl. The monoisotopic (exact) mass is 202 g/mol. The Bertz CT molecular complexity index is 344. The highest BCUT2D eigenvalue weighted by Gasteiger charge is 2.21. The van der Waals surface area contributed by atoms with E-state index in [2.05, 4.69) is 5.10 Å². The topological polar surface area (TPSA) is 55.1 Å². The van der Waals surface area contributed by atoms with Gasteiger partial charge in [0, 0.05) is 7.05 Å². The Labute approximate surface area is 81.1 Å². The molecule has 0 unspecified atom stereocenters. The maximum absolute atomic E-state index is 10.7. The van der Waals surface area contributed by atoms with Gasteiger partial charge in [0.2, 0.25) is 0 Å². The Morgan fingerprint density at radius 2 is 2.15 bits per heavy atom. The molecule has 1 aromatic rings. The Kier molecular flexibility index (Phi) is 2.61. The maximum Gasteiger partial charge on any atom is 0.355 e. The Hall–Kier alpha value is -1.03. The first-order valence-corrected chi connectivity index (χ1v) is 4.28. The molecule has 0 amide bonds. The number of aromatic carboxylic acids is 1. The van der Waals surface area contributed by atoms with Crippen LogP contribution in [0.2, 0.25) is 5.02 Å². The quantitative estimate of drug-likeness (QED) is 0.797. The molecule has 13 heavy (non-hydrogen) atoms. The first kappa shape index (κ1) is 10.1. The third-order valence-corrected chi connectivity index (χ3v) is 2.14. The summed E-state index contributed by atoms with van der Waals surface area (Å²) in [5.74, 6) is -0.918. The molecule has 4 nitrogen and oxygen atoms in total. The van der Waals surface area contributed by atoms with Gasteiger partial charge in [-0.25, -0.2) is 4.79 Å². The van der Waals surface area contributed by atoms with Gasteiger partial charge in [-0.15, -0.1) is 0 Å². The zero-order chi connectivity index (χ0) is 10.2. The van der Waals surface area contributed by atoms with E-state index in [1.54, 1.807) is 7.05 Å². The van der Waals surface area contributed by atoms with Crippen LogP contribution in [-0.4, -0.2) is 20.9 Å². The number of aromatic nitrogens is 2. The lowest BCUT2D eigenvalue weighted by molar-refractivity contribution is 0.0685. The molecule has 1 rings (SSSR count). The van der Waals surface area contributed by atoms with E-state index in [1.807, 2.05) is 13.8 Å². The van der Waals surface area contributed by atoms with Gasteiger partial charge in [0.1, 0.15) is 0 Å². The van der Waals surface area contributed by atoms with Crippen LogP contribution in [0.1, 0.15) is 35.9 Å². The average molecular weight is 203 g/mol. The molecule has 0 spiro atoms. The number of hydrogen-bond donors (Lipinski definition) is 1. The third-order valence-electron chi connectivity index (χ3n) is 1.76. The fourth-order valence-corrected chi connectivity index (χ4v) is 1.58. The molecule has 0 bridgehead atoms. The molecule has 0 saturated heterocycles. The van der Waals surface area contributed by atoms with Crippen LogP contribution in [0.15, 0.2) is 0 Å². The standard InChI is InChI=1S/C8H11ClN2O2/c1-4(2)6-5(9)7(8(12)13)11(3)10-6/h4H,1-3H3,(H,12,13). The second-order valence-corrected chi connectivity index (χ2v) is 3.51. The van der Waals surface area contributed by atoms with Crippen molar-refractivity contribution in [3.63, 3.8) is 0 Å². The number of carboxylic acid groups (broad SMARTS) is 1. The molecule has 1 aromatic heterocycles. The maximum atomic E-state index is 10.7. The van der Waals surface area contributed by atoms with E-state index in [9.17, 15) is 4.79 Å². The molecule has 0 fully saturated rings. The van der Waals surface area contributed by atoms with Gasteiger partial charge in [-0.1, -0.05) is 25.4 Å². The normalized spacial score (nSPS) is 10.8. The Morgan fingerprint density at radius 1 is 1.62 bits per heavy atom. The van der Waals surface area contributed by atoms with E-state index in [1.165, 1.54) is 4.68 Å². The summed E-state index contributed by atoms with van der Waals surface area (Å²) >= 11 is 5.86. The number of halogens is 1. The molecule has 0 aliphatic heterocycles. The van der Waals surface area contributed by atoms with E-state index >= 15 is 0 Å². The number of aryl methyl sites for hydroxylation is 1. The van der Waals surface area contributed by atoms with E-state index < -0.39 is 5.97 Å². The van der Waals surface area contributed by atoms with Crippen molar-refractivity contribution in [3.8, 4) is 0 Å². The lowest BCUT2D eigenvalue weighted by Crippen LogP contribution is -2.05. The van der Waals surface area contributed by atoms with Crippen LogP contribution in [0, 0.1) is 0 Å². The molecule has 0 aromatic carbocycles. The minimum Gasteiger partial charge on any atom is -0.476 e. The summed E-state index contributed by atoms with van der Waals surface area (Å²) in [6, 6.07) is 0. The van der Waals surface area contributed by atoms with Gasteiger partial charge in [0.05, 0.1) is 10.7 Å². The zero-order valence-electron chi connectivity index (χ0n) is 7.71. The average Bonchev–Trinajstić information content (AvgIpc) is 2.26. The van der Waals surface area contributed by atoms with E-state index in [0.717, 1.165) is 0 Å². The number of hydrogen-bond acceptors (Lipinski definition) is 2. The molecule has 0 saturated carbocycles. The predicted molar refractivity (Wildman–Crippen MR) is 49.3 cm³/mol. The summed E-state index contributed by atoms with van der Waals surface area (Å²) in [5, 5.41) is 13.1. The summed E-state index contributed by atoms with van der Waals surface area (Å²) in [6.07, 6.45) is 0. The van der Waals surface area contributed by atoms with Crippen LogP contribution in [-0.2, 0) is 7.05 Å². The fourth-order valence-electron chi connectivity index (χ4n) is 1.12. The third kappa shape index (κ3) is 1.67. The van der Waals surface area contributed by atoms with Gasteiger partial charge in [0.25, 0.3) is 0 Å². The van der Waals surface area contributed by atoms with Crippen molar-refractivity contribution < 1.29 is 9.90 Å². The highest BCUT2D eigenvalue weighted by atomic mass is 35.5. The van der Waals surface area contributed by atoms with Crippen LogP contribution in [0.5, 0.6) is 0 Å². The highest BCUT2D eigenvalue weighted by molar-refractivity contribution is 6.34. The van der Waals surface area contributed by atoms with Crippen molar-refractivity contribution >= 4 is 17.6 Å². The zero-order valence-corrected chi connectivity index (χ0v) is 8.46. The predicted octanol–water partition coefficient (Wildman–Crippen LogP) is 1.90. The second kappa shape index (κ2) is 3.38. The summed E-state index contributed by atoms with van der Waals surface area (Å²) < 4.78 is 1.29. The number of nitrogens with zero attached hydrogens (tertiary/aromatic N) is 2. The molecule has 0 aliphatic carbocycles. The van der Waals surface area contributed by atoms with Gasteiger partial charge in [-0.05, 0) is 5.92 Å². The van der Waals surface area contributed by atoms with Crippen LogP contribution >= 0.6 is 11.6 Å². The lowest BCUT2D eigenvalue weighted by Gasteiger charge is -1.98. The van der Waals surface area contributed by atoms with Gasteiger partial charge in [-0.2, -0.15) is 5.10 Å². The molecule has 0 atom stereocenters. The summed E-state index contributed by atoms with van der Waals surface area (Å²) in [4.78, 5) is 10.7. The minimum atomic E-state index is -1.05. The molecular weight excluding hydrogens is 192 g/mol. The van der Waals surface area contributed by atoms with Crippen LogP contribution < -0.4 is 0 Å². The molecular formula is C8H11ClN2O2. The molecule has 5 heteroatoms. The smallest absolute Gasteiger partial charge is 0.355 e. The van der Waals surface area contributed by atoms with Crippen LogP contribution in [0.4, 0.5) is 0 Å². The molecule has 0 aliphatic rings. The van der Waals surface area contributed by atoms with Crippen molar-refractivity contribution in [2.45, 2.75) is 19.8 Å².